The predicted molar refractivity (Wildman–Crippen MR) is 134 cm³/mol. The molecule has 7 heteroatoms. The quantitative estimate of drug-likeness (QED) is 0.243. The van der Waals surface area contributed by atoms with Crippen LogP contribution in [0.15, 0.2) is 75.2 Å². The summed E-state index contributed by atoms with van der Waals surface area (Å²) < 4.78 is 7.48. The second kappa shape index (κ2) is 10.4. The molecule has 0 atom stereocenters. The van der Waals surface area contributed by atoms with Crippen molar-refractivity contribution in [3.8, 4) is 11.5 Å². The fraction of sp³-hybridized carbons (Fsp3) is 0.346. The molecule has 2 heterocycles. The maximum atomic E-state index is 13.4. The molecule has 4 aromatic rings. The van der Waals surface area contributed by atoms with Crippen LogP contribution in [0.2, 0.25) is 0 Å². The minimum absolute atomic E-state index is 0.000639. The van der Waals surface area contributed by atoms with E-state index in [1.165, 1.54) is 11.8 Å². The molecule has 6 nitrogen and oxygen atoms in total. The second-order valence-electron chi connectivity index (χ2n) is 8.59. The standard InChI is InChI=1S/C26H30N4O2S/c1-18(2)29(19(3)4)14-15-30-25(31)22-12-8-9-13-23(22)28-26(30)33-17-21-16-32-24(27-21)20-10-6-5-7-11-20/h5-13,16,18-19H,14-15,17H2,1-4H3. The molecular formula is C26H30N4O2S. The SMILES string of the molecule is CC(C)N(CCn1c(SCc2coc(-c3ccccc3)n2)nc2ccccc2c1=O)C(C)C. The van der Waals surface area contributed by atoms with Gasteiger partial charge in [0.05, 0.1) is 16.6 Å². The molecule has 0 spiro atoms. The largest absolute Gasteiger partial charge is 0.444 e. The summed E-state index contributed by atoms with van der Waals surface area (Å²) in [6, 6.07) is 18.2. The lowest BCUT2D eigenvalue weighted by Gasteiger charge is -2.30. The number of para-hydroxylation sites is 1. The zero-order valence-corrected chi connectivity index (χ0v) is 20.4. The number of thioether (sulfide) groups is 1. The van der Waals surface area contributed by atoms with Gasteiger partial charge in [-0.15, -0.1) is 0 Å². The normalized spacial score (nSPS) is 11.8. The van der Waals surface area contributed by atoms with Gasteiger partial charge < -0.3 is 4.42 Å². The summed E-state index contributed by atoms with van der Waals surface area (Å²) in [6.07, 6.45) is 1.68. The highest BCUT2D eigenvalue weighted by atomic mass is 32.2. The molecular weight excluding hydrogens is 432 g/mol. The number of rotatable bonds is 9. The molecule has 0 aliphatic rings. The minimum atomic E-state index is 0.000639. The summed E-state index contributed by atoms with van der Waals surface area (Å²) in [5, 5.41) is 1.35. The van der Waals surface area contributed by atoms with Crippen LogP contribution in [0.5, 0.6) is 0 Å². The lowest BCUT2D eigenvalue weighted by molar-refractivity contribution is 0.166. The van der Waals surface area contributed by atoms with Gasteiger partial charge in [-0.3, -0.25) is 14.3 Å². The number of hydrogen-bond donors (Lipinski definition) is 0. The average molecular weight is 463 g/mol. The lowest BCUT2D eigenvalue weighted by atomic mass is 10.2. The molecule has 172 valence electrons. The van der Waals surface area contributed by atoms with Crippen LogP contribution in [0, 0.1) is 0 Å². The Morgan fingerprint density at radius 3 is 2.39 bits per heavy atom. The number of aromatic nitrogens is 3. The maximum Gasteiger partial charge on any atom is 0.262 e. The van der Waals surface area contributed by atoms with Crippen LogP contribution in [0.1, 0.15) is 33.4 Å². The summed E-state index contributed by atoms with van der Waals surface area (Å²) in [5.41, 5.74) is 2.48. The van der Waals surface area contributed by atoms with Gasteiger partial charge in [-0.25, -0.2) is 9.97 Å². The molecule has 2 aromatic carbocycles. The molecule has 0 N–H and O–H groups in total. The van der Waals surface area contributed by atoms with Gasteiger partial charge in [0.15, 0.2) is 5.16 Å². The molecule has 0 aliphatic carbocycles. The Bertz CT molecular complexity index is 1260. The fourth-order valence-electron chi connectivity index (χ4n) is 4.01. The third-order valence-electron chi connectivity index (χ3n) is 5.66. The summed E-state index contributed by atoms with van der Waals surface area (Å²) in [6.45, 7) is 10.1. The van der Waals surface area contributed by atoms with E-state index in [1.54, 1.807) is 6.26 Å². The topological polar surface area (TPSA) is 64.2 Å². The van der Waals surface area contributed by atoms with Crippen molar-refractivity contribution in [1.29, 1.82) is 0 Å². The van der Waals surface area contributed by atoms with E-state index in [0.717, 1.165) is 23.3 Å². The number of oxazole rings is 1. The van der Waals surface area contributed by atoms with Crippen LogP contribution < -0.4 is 5.56 Å². The number of benzene rings is 2. The van der Waals surface area contributed by atoms with Gasteiger partial charge in [0.2, 0.25) is 5.89 Å². The zero-order valence-electron chi connectivity index (χ0n) is 19.6. The lowest BCUT2D eigenvalue weighted by Crippen LogP contribution is -2.40. The molecule has 0 saturated heterocycles. The molecule has 0 unspecified atom stereocenters. The maximum absolute atomic E-state index is 13.4. The van der Waals surface area contributed by atoms with Crippen molar-refractivity contribution in [3.63, 3.8) is 0 Å². The average Bonchev–Trinajstić information content (AvgIpc) is 3.28. The Morgan fingerprint density at radius 2 is 1.67 bits per heavy atom. The zero-order chi connectivity index (χ0) is 23.4. The van der Waals surface area contributed by atoms with Gasteiger partial charge in [-0.1, -0.05) is 42.1 Å². The van der Waals surface area contributed by atoms with Crippen molar-refractivity contribution in [3.05, 3.63) is 76.9 Å². The van der Waals surface area contributed by atoms with Gasteiger partial charge in [0.25, 0.3) is 5.56 Å². The number of hydrogen-bond acceptors (Lipinski definition) is 6. The monoisotopic (exact) mass is 462 g/mol. The summed E-state index contributed by atoms with van der Waals surface area (Å²) in [7, 11) is 0. The molecule has 4 rings (SSSR count). The van der Waals surface area contributed by atoms with Crippen molar-refractivity contribution in [2.24, 2.45) is 0 Å². The summed E-state index contributed by atoms with van der Waals surface area (Å²) in [4.78, 5) is 25.2. The molecule has 0 bridgehead atoms. The van der Waals surface area contributed by atoms with Crippen LogP contribution in [-0.2, 0) is 12.3 Å². The fourth-order valence-corrected chi connectivity index (χ4v) is 4.91. The van der Waals surface area contributed by atoms with E-state index < -0.39 is 0 Å². The first-order valence-corrected chi connectivity index (χ1v) is 12.3. The molecule has 0 saturated carbocycles. The Kier molecular flexibility index (Phi) is 7.30. The van der Waals surface area contributed by atoms with E-state index >= 15 is 0 Å². The minimum Gasteiger partial charge on any atom is -0.444 e. The third-order valence-corrected chi connectivity index (χ3v) is 6.67. The third kappa shape index (κ3) is 5.37. The first kappa shape index (κ1) is 23.3. The van der Waals surface area contributed by atoms with E-state index in [-0.39, 0.29) is 5.56 Å². The van der Waals surface area contributed by atoms with E-state index in [4.69, 9.17) is 9.40 Å². The van der Waals surface area contributed by atoms with Crippen LogP contribution in [0.4, 0.5) is 0 Å². The van der Waals surface area contributed by atoms with Crippen molar-refractivity contribution in [2.45, 2.75) is 57.2 Å². The van der Waals surface area contributed by atoms with Crippen molar-refractivity contribution < 1.29 is 4.42 Å². The highest BCUT2D eigenvalue weighted by Gasteiger charge is 2.17. The van der Waals surface area contributed by atoms with Gasteiger partial charge in [-0.2, -0.15) is 0 Å². The first-order chi connectivity index (χ1) is 15.9. The van der Waals surface area contributed by atoms with Gasteiger partial charge in [0, 0.05) is 36.5 Å². The Balaban J connectivity index is 1.60. The van der Waals surface area contributed by atoms with Crippen molar-refractivity contribution in [2.75, 3.05) is 6.54 Å². The van der Waals surface area contributed by atoms with Crippen LogP contribution in [0.25, 0.3) is 22.4 Å². The molecule has 2 aromatic heterocycles. The molecule has 0 radical (unpaired) electrons. The predicted octanol–water partition coefficient (Wildman–Crippen LogP) is 5.46. The van der Waals surface area contributed by atoms with Crippen LogP contribution in [0.3, 0.4) is 0 Å². The summed E-state index contributed by atoms with van der Waals surface area (Å²) in [5.74, 6) is 1.17. The molecule has 33 heavy (non-hydrogen) atoms. The smallest absolute Gasteiger partial charge is 0.262 e. The van der Waals surface area contributed by atoms with Gasteiger partial charge in [0.1, 0.15) is 6.26 Å². The van der Waals surface area contributed by atoms with Gasteiger partial charge >= 0.3 is 0 Å². The second-order valence-corrected chi connectivity index (χ2v) is 9.53. The molecule has 0 aliphatic heterocycles. The number of fused-ring (bicyclic) bond motifs is 1. The Hall–Kier alpha value is -2.90. The Morgan fingerprint density at radius 1 is 0.970 bits per heavy atom. The Labute approximate surface area is 198 Å². The highest BCUT2D eigenvalue weighted by molar-refractivity contribution is 7.98. The van der Waals surface area contributed by atoms with Crippen molar-refractivity contribution in [1.82, 2.24) is 19.4 Å². The van der Waals surface area contributed by atoms with E-state index in [9.17, 15) is 4.79 Å². The number of nitrogens with zero attached hydrogens (tertiary/aromatic N) is 4. The van der Waals surface area contributed by atoms with E-state index in [2.05, 4.69) is 37.6 Å². The first-order valence-electron chi connectivity index (χ1n) is 11.3. The summed E-state index contributed by atoms with van der Waals surface area (Å²) >= 11 is 1.52. The van der Waals surface area contributed by atoms with E-state index in [0.29, 0.717) is 40.8 Å². The molecule has 0 fully saturated rings. The van der Waals surface area contributed by atoms with Crippen LogP contribution >= 0.6 is 11.8 Å². The van der Waals surface area contributed by atoms with Crippen LogP contribution in [-0.4, -0.2) is 38.1 Å². The van der Waals surface area contributed by atoms with E-state index in [1.807, 2.05) is 59.2 Å². The molecule has 0 amide bonds. The van der Waals surface area contributed by atoms with Crippen molar-refractivity contribution >= 4 is 22.7 Å². The highest BCUT2D eigenvalue weighted by Crippen LogP contribution is 2.25. The van der Waals surface area contributed by atoms with Gasteiger partial charge in [-0.05, 0) is 52.0 Å².